The van der Waals surface area contributed by atoms with Gasteiger partial charge in [-0.15, -0.1) is 12.4 Å². The maximum absolute atomic E-state index is 12.1. The Hall–Kier alpha value is -2.05. The highest BCUT2D eigenvalue weighted by atomic mass is 35.5. The summed E-state index contributed by atoms with van der Waals surface area (Å²) in [6, 6.07) is 7.88. The quantitative estimate of drug-likeness (QED) is 0.836. The minimum Gasteiger partial charge on any atom is -0.497 e. The first-order valence-electron chi connectivity index (χ1n) is 7.82. The van der Waals surface area contributed by atoms with E-state index >= 15 is 0 Å². The number of ether oxygens (including phenoxy) is 2. The third-order valence-electron chi connectivity index (χ3n) is 3.94. The van der Waals surface area contributed by atoms with Gasteiger partial charge in [-0.05, 0) is 24.6 Å². The van der Waals surface area contributed by atoms with E-state index in [1.54, 1.807) is 14.0 Å². The molecule has 0 spiro atoms. The van der Waals surface area contributed by atoms with Crippen LogP contribution in [0, 0.1) is 0 Å². The van der Waals surface area contributed by atoms with Crippen LogP contribution in [0.15, 0.2) is 24.3 Å². The molecule has 1 aliphatic heterocycles. The molecule has 0 aliphatic carbocycles. The zero-order valence-corrected chi connectivity index (χ0v) is 14.7. The summed E-state index contributed by atoms with van der Waals surface area (Å²) in [6.07, 6.45) is 0.853. The molecule has 6 nitrogen and oxygen atoms in total. The van der Waals surface area contributed by atoms with Gasteiger partial charge in [-0.3, -0.25) is 4.68 Å². The predicted molar refractivity (Wildman–Crippen MR) is 92.9 cm³/mol. The minimum atomic E-state index is -0.350. The number of nitrogens with zero attached hydrogens (tertiary/aromatic N) is 2. The standard InChI is InChI=1S/C17H21N3O3.ClH/c1-3-23-17(21)16-14-10-18-8-7-15(14)20(19-16)11-12-5-4-6-13(9-12)22-2;/h4-6,9,18H,3,7-8,10-11H2,1-2H3;1H. The third-order valence-corrected chi connectivity index (χ3v) is 3.94. The van der Waals surface area contributed by atoms with E-state index in [-0.39, 0.29) is 18.4 Å². The molecule has 2 heterocycles. The molecule has 0 saturated heterocycles. The van der Waals surface area contributed by atoms with Crippen molar-refractivity contribution < 1.29 is 14.3 Å². The summed E-state index contributed by atoms with van der Waals surface area (Å²) in [5, 5.41) is 7.82. The van der Waals surface area contributed by atoms with Crippen molar-refractivity contribution >= 4 is 18.4 Å². The highest BCUT2D eigenvalue weighted by Crippen LogP contribution is 2.21. The smallest absolute Gasteiger partial charge is 0.359 e. The van der Waals surface area contributed by atoms with Gasteiger partial charge in [-0.2, -0.15) is 5.10 Å². The number of halogens is 1. The fourth-order valence-electron chi connectivity index (χ4n) is 2.86. The number of hydrogen-bond donors (Lipinski definition) is 1. The number of fused-ring (bicyclic) bond motifs is 1. The second-order valence-corrected chi connectivity index (χ2v) is 5.43. The lowest BCUT2D eigenvalue weighted by atomic mass is 10.1. The molecule has 3 rings (SSSR count). The van der Waals surface area contributed by atoms with Gasteiger partial charge in [0, 0.05) is 30.8 Å². The molecular weight excluding hydrogens is 330 g/mol. The molecule has 1 aromatic carbocycles. The Morgan fingerprint density at radius 1 is 1.42 bits per heavy atom. The second kappa shape index (κ2) is 8.17. The van der Waals surface area contributed by atoms with Crippen LogP contribution in [0.1, 0.15) is 34.2 Å². The predicted octanol–water partition coefficient (Wildman–Crippen LogP) is 2.18. The molecular formula is C17H22ClN3O3. The molecule has 1 N–H and O–H groups in total. The molecule has 1 aromatic heterocycles. The van der Waals surface area contributed by atoms with Crippen LogP contribution in [0.4, 0.5) is 0 Å². The van der Waals surface area contributed by atoms with Crippen LogP contribution in [0.3, 0.4) is 0 Å². The molecule has 0 fully saturated rings. The zero-order chi connectivity index (χ0) is 16.2. The Bertz CT molecular complexity index is 715. The van der Waals surface area contributed by atoms with Crippen molar-refractivity contribution in [3.8, 4) is 5.75 Å². The highest BCUT2D eigenvalue weighted by molar-refractivity contribution is 5.89. The van der Waals surface area contributed by atoms with Crippen LogP contribution >= 0.6 is 12.4 Å². The number of esters is 1. The normalized spacial score (nSPS) is 12.9. The van der Waals surface area contributed by atoms with Gasteiger partial charge in [0.15, 0.2) is 5.69 Å². The molecule has 0 amide bonds. The maximum Gasteiger partial charge on any atom is 0.359 e. The number of methoxy groups -OCH3 is 1. The van der Waals surface area contributed by atoms with Crippen molar-refractivity contribution in [3.05, 3.63) is 46.8 Å². The average Bonchev–Trinajstić information content (AvgIpc) is 2.94. The molecule has 130 valence electrons. The van der Waals surface area contributed by atoms with Crippen molar-refractivity contribution in [2.75, 3.05) is 20.3 Å². The first kappa shape index (κ1) is 18.3. The first-order valence-corrected chi connectivity index (χ1v) is 7.82. The Balaban J connectivity index is 0.00000208. The van der Waals surface area contributed by atoms with Crippen molar-refractivity contribution in [1.82, 2.24) is 15.1 Å². The largest absolute Gasteiger partial charge is 0.497 e. The van der Waals surface area contributed by atoms with Gasteiger partial charge in [0.1, 0.15) is 5.75 Å². The lowest BCUT2D eigenvalue weighted by Crippen LogP contribution is -2.25. The molecule has 2 aromatic rings. The summed E-state index contributed by atoms with van der Waals surface area (Å²) in [5.74, 6) is 0.465. The number of aromatic nitrogens is 2. The van der Waals surface area contributed by atoms with Crippen LogP contribution in [0.5, 0.6) is 5.75 Å². The fraction of sp³-hybridized carbons (Fsp3) is 0.412. The van der Waals surface area contributed by atoms with Crippen LogP contribution in [-0.4, -0.2) is 36.0 Å². The summed E-state index contributed by atoms with van der Waals surface area (Å²) in [6.45, 7) is 4.30. The Kier molecular flexibility index (Phi) is 6.23. The molecule has 7 heteroatoms. The van der Waals surface area contributed by atoms with Crippen molar-refractivity contribution in [2.24, 2.45) is 0 Å². The van der Waals surface area contributed by atoms with Gasteiger partial charge in [-0.1, -0.05) is 12.1 Å². The van der Waals surface area contributed by atoms with Crippen LogP contribution in [0.25, 0.3) is 0 Å². The average molecular weight is 352 g/mol. The topological polar surface area (TPSA) is 65.4 Å². The summed E-state index contributed by atoms with van der Waals surface area (Å²) in [4.78, 5) is 12.1. The molecule has 0 bridgehead atoms. The van der Waals surface area contributed by atoms with Crippen LogP contribution in [0.2, 0.25) is 0 Å². The molecule has 0 saturated carbocycles. The van der Waals surface area contributed by atoms with Gasteiger partial charge < -0.3 is 14.8 Å². The van der Waals surface area contributed by atoms with Crippen molar-refractivity contribution in [2.45, 2.75) is 26.4 Å². The van der Waals surface area contributed by atoms with Gasteiger partial charge in [0.05, 0.1) is 20.3 Å². The number of rotatable bonds is 5. The summed E-state index contributed by atoms with van der Waals surface area (Å²) in [7, 11) is 1.65. The van der Waals surface area contributed by atoms with Crippen LogP contribution < -0.4 is 10.1 Å². The van der Waals surface area contributed by atoms with Crippen molar-refractivity contribution in [1.29, 1.82) is 0 Å². The van der Waals surface area contributed by atoms with E-state index in [4.69, 9.17) is 9.47 Å². The summed E-state index contributed by atoms with van der Waals surface area (Å²) in [5.41, 5.74) is 3.58. The minimum absolute atomic E-state index is 0. The number of nitrogens with one attached hydrogen (secondary N) is 1. The number of hydrogen-bond acceptors (Lipinski definition) is 5. The Labute approximate surface area is 147 Å². The number of carbonyl (C=O) groups excluding carboxylic acids is 1. The summed E-state index contributed by atoms with van der Waals surface area (Å²) >= 11 is 0. The Morgan fingerprint density at radius 2 is 2.25 bits per heavy atom. The van der Waals surface area contributed by atoms with Crippen LogP contribution in [-0.2, 0) is 24.2 Å². The highest BCUT2D eigenvalue weighted by Gasteiger charge is 2.25. The molecule has 0 atom stereocenters. The zero-order valence-electron chi connectivity index (χ0n) is 13.9. The number of carbonyl (C=O) groups is 1. The third kappa shape index (κ3) is 3.71. The maximum atomic E-state index is 12.1. The van der Waals surface area contributed by atoms with E-state index in [0.29, 0.717) is 25.4 Å². The second-order valence-electron chi connectivity index (χ2n) is 5.43. The molecule has 24 heavy (non-hydrogen) atoms. The van der Waals surface area contributed by atoms with E-state index < -0.39 is 0 Å². The van der Waals surface area contributed by atoms with Gasteiger partial charge in [-0.25, -0.2) is 4.79 Å². The van der Waals surface area contributed by atoms with E-state index in [1.807, 2.05) is 28.9 Å². The lowest BCUT2D eigenvalue weighted by molar-refractivity contribution is 0.0517. The molecule has 0 unspecified atom stereocenters. The van der Waals surface area contributed by atoms with E-state index in [9.17, 15) is 4.79 Å². The number of benzene rings is 1. The SMILES string of the molecule is CCOC(=O)c1nn(Cc2cccc(OC)c2)c2c1CNCC2.Cl. The van der Waals surface area contributed by atoms with Gasteiger partial charge >= 0.3 is 5.97 Å². The molecule has 1 aliphatic rings. The van der Waals surface area contributed by atoms with Gasteiger partial charge in [0.2, 0.25) is 0 Å². The van der Waals surface area contributed by atoms with E-state index in [0.717, 1.165) is 35.5 Å². The monoisotopic (exact) mass is 351 g/mol. The van der Waals surface area contributed by atoms with Gasteiger partial charge in [0.25, 0.3) is 0 Å². The lowest BCUT2D eigenvalue weighted by Gasteiger charge is -2.15. The van der Waals surface area contributed by atoms with Crippen molar-refractivity contribution in [3.63, 3.8) is 0 Å². The fourth-order valence-corrected chi connectivity index (χ4v) is 2.86. The summed E-state index contributed by atoms with van der Waals surface area (Å²) < 4.78 is 12.3. The molecule has 0 radical (unpaired) electrons. The first-order chi connectivity index (χ1) is 11.2. The van der Waals surface area contributed by atoms with E-state index in [1.165, 1.54) is 0 Å². The Morgan fingerprint density at radius 3 is 3.00 bits per heavy atom. The van der Waals surface area contributed by atoms with E-state index in [2.05, 4.69) is 10.4 Å².